The molecule has 0 aliphatic rings. The van der Waals surface area contributed by atoms with Gasteiger partial charge in [-0.25, -0.2) is 14.2 Å². The molecule has 0 aliphatic heterocycles. The Morgan fingerprint density at radius 2 is 2.00 bits per heavy atom. The van der Waals surface area contributed by atoms with E-state index in [-0.39, 0.29) is 11.8 Å². The molecule has 0 radical (unpaired) electrons. The van der Waals surface area contributed by atoms with E-state index in [4.69, 9.17) is 0 Å². The van der Waals surface area contributed by atoms with Crippen molar-refractivity contribution in [3.8, 4) is 11.3 Å². The van der Waals surface area contributed by atoms with Gasteiger partial charge in [0.05, 0.1) is 23.4 Å². The number of methoxy groups -OCH3 is 1. The van der Waals surface area contributed by atoms with Crippen LogP contribution in [0.4, 0.5) is 4.39 Å². The van der Waals surface area contributed by atoms with Crippen LogP contribution in [0.15, 0.2) is 53.9 Å². The second-order valence-corrected chi connectivity index (χ2v) is 5.94. The molecule has 1 aromatic heterocycles. The molecule has 0 bridgehead atoms. The van der Waals surface area contributed by atoms with Crippen molar-refractivity contribution in [3.05, 3.63) is 75.9 Å². The van der Waals surface area contributed by atoms with Crippen LogP contribution in [0.5, 0.6) is 0 Å². The smallest absolute Gasteiger partial charge is 0.337 e. The molecule has 0 N–H and O–H groups in total. The van der Waals surface area contributed by atoms with E-state index in [9.17, 15) is 9.18 Å². The van der Waals surface area contributed by atoms with E-state index in [2.05, 4.69) is 9.72 Å². The predicted molar refractivity (Wildman–Crippen MR) is 88.1 cm³/mol. The van der Waals surface area contributed by atoms with Crippen LogP contribution in [-0.2, 0) is 11.2 Å². The Kier molecular flexibility index (Phi) is 4.48. The third-order valence-corrected chi connectivity index (χ3v) is 4.25. The van der Waals surface area contributed by atoms with Gasteiger partial charge in [0.15, 0.2) is 0 Å². The first kappa shape index (κ1) is 15.4. The summed E-state index contributed by atoms with van der Waals surface area (Å²) in [6, 6.07) is 13.7. The summed E-state index contributed by atoms with van der Waals surface area (Å²) in [7, 11) is 1.36. The molecule has 2 aromatic carbocycles. The molecule has 0 aliphatic carbocycles. The highest BCUT2D eigenvalue weighted by atomic mass is 32.1. The Labute approximate surface area is 137 Å². The number of thiazole rings is 1. The van der Waals surface area contributed by atoms with Crippen LogP contribution in [0, 0.1) is 5.82 Å². The molecular weight excluding hydrogens is 313 g/mol. The van der Waals surface area contributed by atoms with Crippen molar-refractivity contribution >= 4 is 17.3 Å². The molecular formula is C18H14FNO2S. The lowest BCUT2D eigenvalue weighted by molar-refractivity contribution is 0.0600. The minimum Gasteiger partial charge on any atom is -0.465 e. The summed E-state index contributed by atoms with van der Waals surface area (Å²) in [6.45, 7) is 0. The molecule has 116 valence electrons. The molecule has 0 spiro atoms. The maximum Gasteiger partial charge on any atom is 0.337 e. The van der Waals surface area contributed by atoms with Gasteiger partial charge in [-0.3, -0.25) is 0 Å². The van der Waals surface area contributed by atoms with Gasteiger partial charge in [0.1, 0.15) is 5.82 Å². The highest BCUT2D eigenvalue weighted by Crippen LogP contribution is 2.24. The Hall–Kier alpha value is -2.53. The standard InChI is InChI=1S/C18H14FNO2S/c1-22-18(21)13-7-5-12(6-8-13)9-17-20-16(11-23-17)14-3-2-4-15(19)10-14/h2-8,10-11H,9H2,1H3. The second-order valence-electron chi connectivity index (χ2n) is 5.00. The Morgan fingerprint density at radius 3 is 2.70 bits per heavy atom. The lowest BCUT2D eigenvalue weighted by Gasteiger charge is -2.01. The fourth-order valence-corrected chi connectivity index (χ4v) is 3.06. The molecule has 0 saturated carbocycles. The number of rotatable bonds is 4. The first-order chi connectivity index (χ1) is 11.2. The first-order valence-corrected chi connectivity index (χ1v) is 7.91. The fourth-order valence-electron chi connectivity index (χ4n) is 2.22. The van der Waals surface area contributed by atoms with Gasteiger partial charge >= 0.3 is 5.97 Å². The summed E-state index contributed by atoms with van der Waals surface area (Å²) < 4.78 is 18.0. The lowest BCUT2D eigenvalue weighted by atomic mass is 10.1. The van der Waals surface area contributed by atoms with E-state index in [0.29, 0.717) is 12.0 Å². The zero-order chi connectivity index (χ0) is 16.2. The van der Waals surface area contributed by atoms with Crippen molar-refractivity contribution in [1.82, 2.24) is 4.98 Å². The number of hydrogen-bond donors (Lipinski definition) is 0. The molecule has 3 aromatic rings. The zero-order valence-corrected chi connectivity index (χ0v) is 13.3. The zero-order valence-electron chi connectivity index (χ0n) is 12.5. The maximum absolute atomic E-state index is 13.3. The first-order valence-electron chi connectivity index (χ1n) is 7.03. The molecule has 0 saturated heterocycles. The molecule has 3 nitrogen and oxygen atoms in total. The number of nitrogens with zero attached hydrogens (tertiary/aromatic N) is 1. The molecule has 23 heavy (non-hydrogen) atoms. The quantitative estimate of drug-likeness (QED) is 0.670. The summed E-state index contributed by atoms with van der Waals surface area (Å²) in [5, 5.41) is 2.86. The average Bonchev–Trinajstić information content (AvgIpc) is 3.03. The largest absolute Gasteiger partial charge is 0.465 e. The van der Waals surface area contributed by atoms with Crippen molar-refractivity contribution in [2.75, 3.05) is 7.11 Å². The van der Waals surface area contributed by atoms with Crippen LogP contribution in [0.1, 0.15) is 20.9 Å². The summed E-state index contributed by atoms with van der Waals surface area (Å²) in [6.07, 6.45) is 0.668. The van der Waals surface area contributed by atoms with Crippen LogP contribution in [0.2, 0.25) is 0 Å². The number of hydrogen-bond acceptors (Lipinski definition) is 4. The summed E-state index contributed by atoms with van der Waals surface area (Å²) in [5.41, 5.74) is 3.12. The van der Waals surface area contributed by atoms with Gasteiger partial charge in [0.2, 0.25) is 0 Å². The van der Waals surface area contributed by atoms with Gasteiger partial charge in [-0.05, 0) is 29.8 Å². The average molecular weight is 327 g/mol. The summed E-state index contributed by atoms with van der Waals surface area (Å²) in [4.78, 5) is 16.0. The molecule has 0 amide bonds. The van der Waals surface area contributed by atoms with E-state index in [1.807, 2.05) is 23.6 Å². The Morgan fingerprint density at radius 1 is 1.22 bits per heavy atom. The van der Waals surface area contributed by atoms with E-state index < -0.39 is 0 Å². The summed E-state index contributed by atoms with van der Waals surface area (Å²) >= 11 is 1.53. The van der Waals surface area contributed by atoms with E-state index in [1.54, 1.807) is 18.2 Å². The molecule has 1 heterocycles. The van der Waals surface area contributed by atoms with Crippen LogP contribution >= 0.6 is 11.3 Å². The van der Waals surface area contributed by atoms with E-state index in [0.717, 1.165) is 21.8 Å². The van der Waals surface area contributed by atoms with Crippen LogP contribution in [0.3, 0.4) is 0 Å². The van der Waals surface area contributed by atoms with Gasteiger partial charge < -0.3 is 4.74 Å². The van der Waals surface area contributed by atoms with E-state index in [1.165, 1.54) is 30.6 Å². The normalized spacial score (nSPS) is 10.5. The molecule has 0 fully saturated rings. The van der Waals surface area contributed by atoms with Gasteiger partial charge in [0, 0.05) is 17.4 Å². The topological polar surface area (TPSA) is 39.2 Å². The van der Waals surface area contributed by atoms with Gasteiger partial charge in [-0.15, -0.1) is 11.3 Å². The Bertz CT molecular complexity index is 827. The minimum atomic E-state index is -0.348. The fraction of sp³-hybridized carbons (Fsp3) is 0.111. The minimum absolute atomic E-state index is 0.268. The number of benzene rings is 2. The highest BCUT2D eigenvalue weighted by Gasteiger charge is 2.08. The number of carbonyl (C=O) groups is 1. The lowest BCUT2D eigenvalue weighted by Crippen LogP contribution is -2.00. The maximum atomic E-state index is 13.3. The van der Waals surface area contributed by atoms with Crippen molar-refractivity contribution in [1.29, 1.82) is 0 Å². The monoisotopic (exact) mass is 327 g/mol. The van der Waals surface area contributed by atoms with Gasteiger partial charge in [0.25, 0.3) is 0 Å². The summed E-state index contributed by atoms with van der Waals surface area (Å²) in [5.74, 6) is -0.616. The van der Waals surface area contributed by atoms with Gasteiger partial charge in [-0.2, -0.15) is 0 Å². The second kappa shape index (κ2) is 6.71. The van der Waals surface area contributed by atoms with Gasteiger partial charge in [-0.1, -0.05) is 24.3 Å². The Balaban J connectivity index is 1.75. The predicted octanol–water partition coefficient (Wildman–Crippen LogP) is 4.33. The number of carbonyl (C=O) groups excluding carboxylic acids is 1. The van der Waals surface area contributed by atoms with Crippen molar-refractivity contribution in [2.24, 2.45) is 0 Å². The molecule has 3 rings (SSSR count). The van der Waals surface area contributed by atoms with Crippen molar-refractivity contribution in [2.45, 2.75) is 6.42 Å². The number of ether oxygens (including phenoxy) is 1. The van der Waals surface area contributed by atoms with Crippen molar-refractivity contribution < 1.29 is 13.9 Å². The van der Waals surface area contributed by atoms with Crippen molar-refractivity contribution in [3.63, 3.8) is 0 Å². The van der Waals surface area contributed by atoms with Crippen LogP contribution < -0.4 is 0 Å². The number of esters is 1. The van der Waals surface area contributed by atoms with Crippen LogP contribution in [0.25, 0.3) is 11.3 Å². The third-order valence-electron chi connectivity index (χ3n) is 3.40. The van der Waals surface area contributed by atoms with Crippen LogP contribution in [-0.4, -0.2) is 18.1 Å². The highest BCUT2D eigenvalue weighted by molar-refractivity contribution is 7.10. The molecule has 5 heteroatoms. The molecule has 0 atom stereocenters. The SMILES string of the molecule is COC(=O)c1ccc(Cc2nc(-c3cccc(F)c3)cs2)cc1. The number of halogens is 1. The third kappa shape index (κ3) is 3.63. The van der Waals surface area contributed by atoms with E-state index >= 15 is 0 Å². The molecule has 0 unspecified atom stereocenters. The number of aromatic nitrogens is 1.